The molecule has 1 aromatic rings. The molecule has 2 rings (SSSR count). The Kier molecular flexibility index (Phi) is 5.14. The van der Waals surface area contributed by atoms with Crippen molar-refractivity contribution in [2.45, 2.75) is 38.7 Å². The van der Waals surface area contributed by atoms with Crippen LogP contribution in [0.2, 0.25) is 0 Å². The number of amides is 1. The normalized spacial score (nSPS) is 22.0. The number of hydrogen-bond acceptors (Lipinski definition) is 3. The molecule has 1 N–H and O–H groups in total. The largest absolute Gasteiger partial charge is 0.368 e. The second-order valence-electron chi connectivity index (χ2n) is 5.43. The highest BCUT2D eigenvalue weighted by atomic mass is 16.5. The van der Waals surface area contributed by atoms with Crippen LogP contribution >= 0.6 is 0 Å². The average molecular weight is 272 g/mol. The molecule has 4 nitrogen and oxygen atoms in total. The lowest BCUT2D eigenvalue weighted by molar-refractivity contribution is -0.123. The smallest absolute Gasteiger partial charge is 0.250 e. The maximum absolute atomic E-state index is 11.8. The molecular weight excluding hydrogens is 252 g/mol. The van der Waals surface area contributed by atoms with E-state index in [0.717, 1.165) is 18.8 Å². The lowest BCUT2D eigenvalue weighted by Crippen LogP contribution is -2.26. The molecule has 0 unspecified atom stereocenters. The standard InChI is InChI=1S/C16H20N2O2/c1-12-5-7-15(8-6-12)20-11-16(19)18-14-4-2-3-13(9-14)10-17/h2-4,9,12,15H,5-8,11H2,1H3,(H,18,19). The summed E-state index contributed by atoms with van der Waals surface area (Å²) in [5.74, 6) is 0.608. The SMILES string of the molecule is CC1CCC(OCC(=O)Nc2cccc(C#N)c2)CC1. The van der Waals surface area contributed by atoms with Gasteiger partial charge in [-0.25, -0.2) is 0 Å². The van der Waals surface area contributed by atoms with Crippen molar-refractivity contribution >= 4 is 11.6 Å². The van der Waals surface area contributed by atoms with Gasteiger partial charge in [-0.15, -0.1) is 0 Å². The van der Waals surface area contributed by atoms with Crippen molar-refractivity contribution in [3.63, 3.8) is 0 Å². The van der Waals surface area contributed by atoms with Gasteiger partial charge in [-0.3, -0.25) is 4.79 Å². The molecule has 0 bridgehead atoms. The first-order chi connectivity index (χ1) is 9.67. The van der Waals surface area contributed by atoms with Crippen LogP contribution in [0.1, 0.15) is 38.2 Å². The van der Waals surface area contributed by atoms with Gasteiger partial charge in [-0.1, -0.05) is 13.0 Å². The van der Waals surface area contributed by atoms with Crippen LogP contribution in [0.5, 0.6) is 0 Å². The molecule has 4 heteroatoms. The third kappa shape index (κ3) is 4.36. The van der Waals surface area contributed by atoms with E-state index in [9.17, 15) is 4.79 Å². The van der Waals surface area contributed by atoms with Crippen LogP contribution in [0.25, 0.3) is 0 Å². The Morgan fingerprint density at radius 2 is 2.15 bits per heavy atom. The van der Waals surface area contributed by atoms with Gasteiger partial charge in [0.2, 0.25) is 5.91 Å². The lowest BCUT2D eigenvalue weighted by atomic mass is 9.89. The summed E-state index contributed by atoms with van der Waals surface area (Å²) in [6, 6.07) is 8.92. The van der Waals surface area contributed by atoms with Gasteiger partial charge in [0.25, 0.3) is 0 Å². The molecule has 0 saturated heterocycles. The Hall–Kier alpha value is -1.86. The van der Waals surface area contributed by atoms with Gasteiger partial charge in [-0.05, 0) is 49.8 Å². The van der Waals surface area contributed by atoms with Gasteiger partial charge in [-0.2, -0.15) is 5.26 Å². The average Bonchev–Trinajstić information content (AvgIpc) is 2.47. The highest BCUT2D eigenvalue weighted by Gasteiger charge is 2.19. The number of anilines is 1. The summed E-state index contributed by atoms with van der Waals surface area (Å²) in [5.41, 5.74) is 1.17. The van der Waals surface area contributed by atoms with E-state index in [1.54, 1.807) is 24.3 Å². The second-order valence-corrected chi connectivity index (χ2v) is 5.43. The molecule has 0 aromatic heterocycles. The Labute approximate surface area is 119 Å². The minimum absolute atomic E-state index is 0.0792. The zero-order valence-electron chi connectivity index (χ0n) is 11.8. The number of carbonyl (C=O) groups is 1. The van der Waals surface area contributed by atoms with Crippen molar-refractivity contribution in [3.8, 4) is 6.07 Å². The van der Waals surface area contributed by atoms with Gasteiger partial charge in [0.05, 0.1) is 17.7 Å². The number of rotatable bonds is 4. The number of benzene rings is 1. The number of nitriles is 1. The van der Waals surface area contributed by atoms with E-state index in [4.69, 9.17) is 10.00 Å². The number of nitrogens with zero attached hydrogens (tertiary/aromatic N) is 1. The molecule has 1 fully saturated rings. The molecule has 0 atom stereocenters. The fraction of sp³-hybridized carbons (Fsp3) is 0.500. The fourth-order valence-corrected chi connectivity index (χ4v) is 2.45. The zero-order valence-corrected chi connectivity index (χ0v) is 11.8. The van der Waals surface area contributed by atoms with Gasteiger partial charge in [0, 0.05) is 5.69 Å². The lowest BCUT2D eigenvalue weighted by Gasteiger charge is -2.25. The van der Waals surface area contributed by atoms with Crippen LogP contribution in [-0.2, 0) is 9.53 Å². The number of ether oxygens (including phenoxy) is 1. The molecule has 0 spiro atoms. The predicted octanol–water partition coefficient (Wildman–Crippen LogP) is 3.09. The van der Waals surface area contributed by atoms with E-state index in [2.05, 4.69) is 12.2 Å². The third-order valence-corrected chi connectivity index (χ3v) is 3.69. The van der Waals surface area contributed by atoms with Crippen molar-refractivity contribution in [2.75, 3.05) is 11.9 Å². The van der Waals surface area contributed by atoms with Gasteiger partial charge in [0.1, 0.15) is 6.61 Å². The summed E-state index contributed by atoms with van der Waals surface area (Å²) in [6.07, 6.45) is 4.64. The maximum Gasteiger partial charge on any atom is 0.250 e. The van der Waals surface area contributed by atoms with Crippen molar-refractivity contribution in [3.05, 3.63) is 29.8 Å². The highest BCUT2D eigenvalue weighted by Crippen LogP contribution is 2.25. The third-order valence-electron chi connectivity index (χ3n) is 3.69. The van der Waals surface area contributed by atoms with Crippen LogP contribution < -0.4 is 5.32 Å². The quantitative estimate of drug-likeness (QED) is 0.916. The van der Waals surface area contributed by atoms with E-state index >= 15 is 0 Å². The minimum atomic E-state index is -0.168. The topological polar surface area (TPSA) is 62.1 Å². The molecular formula is C16H20N2O2. The molecule has 1 aliphatic carbocycles. The van der Waals surface area contributed by atoms with Crippen LogP contribution in [-0.4, -0.2) is 18.6 Å². The first-order valence-electron chi connectivity index (χ1n) is 7.09. The molecule has 1 aromatic carbocycles. The molecule has 1 saturated carbocycles. The Morgan fingerprint density at radius 1 is 1.40 bits per heavy atom. The molecule has 1 amide bonds. The maximum atomic E-state index is 11.8. The molecule has 0 heterocycles. The summed E-state index contributed by atoms with van der Waals surface area (Å²) in [6.45, 7) is 2.33. The fourth-order valence-electron chi connectivity index (χ4n) is 2.45. The van der Waals surface area contributed by atoms with Crippen LogP contribution in [0.4, 0.5) is 5.69 Å². The number of hydrogen-bond donors (Lipinski definition) is 1. The molecule has 20 heavy (non-hydrogen) atoms. The predicted molar refractivity (Wildman–Crippen MR) is 77.2 cm³/mol. The molecule has 106 valence electrons. The van der Waals surface area contributed by atoms with E-state index in [1.165, 1.54) is 12.8 Å². The molecule has 1 aliphatic rings. The Morgan fingerprint density at radius 3 is 2.85 bits per heavy atom. The van der Waals surface area contributed by atoms with Crippen LogP contribution in [0.3, 0.4) is 0 Å². The van der Waals surface area contributed by atoms with Crippen LogP contribution in [0.15, 0.2) is 24.3 Å². The number of nitrogens with one attached hydrogen (secondary N) is 1. The van der Waals surface area contributed by atoms with Gasteiger partial charge < -0.3 is 10.1 Å². The minimum Gasteiger partial charge on any atom is -0.368 e. The first kappa shape index (κ1) is 14.5. The van der Waals surface area contributed by atoms with Crippen molar-refractivity contribution in [1.82, 2.24) is 0 Å². The Bertz CT molecular complexity index is 499. The zero-order chi connectivity index (χ0) is 14.4. The van der Waals surface area contributed by atoms with E-state index in [1.807, 2.05) is 6.07 Å². The highest BCUT2D eigenvalue weighted by molar-refractivity contribution is 5.91. The number of carbonyl (C=O) groups excluding carboxylic acids is 1. The van der Waals surface area contributed by atoms with Crippen LogP contribution in [0, 0.1) is 17.2 Å². The molecule has 0 aliphatic heterocycles. The summed E-state index contributed by atoms with van der Waals surface area (Å²) in [5, 5.41) is 11.6. The second kappa shape index (κ2) is 7.06. The van der Waals surface area contributed by atoms with E-state index < -0.39 is 0 Å². The van der Waals surface area contributed by atoms with Crippen molar-refractivity contribution < 1.29 is 9.53 Å². The van der Waals surface area contributed by atoms with E-state index in [0.29, 0.717) is 11.3 Å². The van der Waals surface area contributed by atoms with Crippen molar-refractivity contribution in [1.29, 1.82) is 5.26 Å². The monoisotopic (exact) mass is 272 g/mol. The summed E-state index contributed by atoms with van der Waals surface area (Å²) >= 11 is 0. The van der Waals surface area contributed by atoms with Gasteiger partial charge >= 0.3 is 0 Å². The summed E-state index contributed by atoms with van der Waals surface area (Å²) < 4.78 is 5.64. The van der Waals surface area contributed by atoms with Crippen molar-refractivity contribution in [2.24, 2.45) is 5.92 Å². The van der Waals surface area contributed by atoms with E-state index in [-0.39, 0.29) is 18.6 Å². The summed E-state index contributed by atoms with van der Waals surface area (Å²) in [7, 11) is 0. The summed E-state index contributed by atoms with van der Waals surface area (Å²) in [4.78, 5) is 11.8. The first-order valence-corrected chi connectivity index (χ1v) is 7.09. The van der Waals surface area contributed by atoms with Gasteiger partial charge in [0.15, 0.2) is 0 Å². The Balaban J connectivity index is 1.76. The molecule has 0 radical (unpaired) electrons.